The summed E-state index contributed by atoms with van der Waals surface area (Å²) in [5.41, 5.74) is 0. The van der Waals surface area contributed by atoms with Gasteiger partial charge in [-0.05, 0) is 25.7 Å². The van der Waals surface area contributed by atoms with E-state index in [4.69, 9.17) is 0 Å². The van der Waals surface area contributed by atoms with Crippen molar-refractivity contribution in [2.45, 2.75) is 57.5 Å². The topological polar surface area (TPSA) is 41.1 Å². The summed E-state index contributed by atoms with van der Waals surface area (Å²) in [6.07, 6.45) is 7.28. The highest BCUT2D eigenvalue weighted by Crippen LogP contribution is 2.26. The zero-order valence-electron chi connectivity index (χ0n) is 11.8. The number of nitrogens with one attached hydrogen (secondary N) is 2. The number of hydrogen-bond donors (Lipinski definition) is 2. The summed E-state index contributed by atoms with van der Waals surface area (Å²) in [5.74, 6) is 3.19. The average Bonchev–Trinajstić information content (AvgIpc) is 2.40. The zero-order chi connectivity index (χ0) is 12.8. The summed E-state index contributed by atoms with van der Waals surface area (Å²) in [7, 11) is 0. The minimum Gasteiger partial charge on any atom is -0.353 e. The van der Waals surface area contributed by atoms with Crippen LogP contribution in [-0.2, 0) is 4.79 Å². The fraction of sp³-hybridized carbons (Fsp3) is 0.929. The Balaban J connectivity index is 0.00000180. The van der Waals surface area contributed by atoms with Crippen LogP contribution in [0.3, 0.4) is 0 Å². The van der Waals surface area contributed by atoms with Gasteiger partial charge in [0.25, 0.3) is 0 Å². The van der Waals surface area contributed by atoms with E-state index in [1.54, 1.807) is 0 Å². The number of halogens is 1. The first-order valence-electron chi connectivity index (χ1n) is 7.36. The number of carbonyl (C=O) groups is 1. The van der Waals surface area contributed by atoms with Gasteiger partial charge < -0.3 is 10.6 Å². The third kappa shape index (κ3) is 5.92. The summed E-state index contributed by atoms with van der Waals surface area (Å²) in [6.45, 7) is 3.22. The molecule has 19 heavy (non-hydrogen) atoms. The normalized spacial score (nSPS) is 26.3. The largest absolute Gasteiger partial charge is 0.353 e. The van der Waals surface area contributed by atoms with Crippen molar-refractivity contribution in [3.8, 4) is 0 Å². The maximum Gasteiger partial charge on any atom is 0.221 e. The molecule has 3 nitrogen and oxygen atoms in total. The SMILES string of the molecule is CC(NC(=O)CC1CSCCN1)C1CCCCC1.Cl. The first kappa shape index (κ1) is 17.1. The van der Waals surface area contributed by atoms with Crippen molar-refractivity contribution in [2.75, 3.05) is 18.1 Å². The molecule has 2 aliphatic rings. The van der Waals surface area contributed by atoms with E-state index >= 15 is 0 Å². The molecule has 112 valence electrons. The minimum absolute atomic E-state index is 0. The maximum absolute atomic E-state index is 12.0. The molecule has 1 aliphatic carbocycles. The number of rotatable bonds is 4. The Morgan fingerprint density at radius 1 is 1.37 bits per heavy atom. The molecule has 1 amide bonds. The molecule has 1 saturated carbocycles. The standard InChI is InChI=1S/C14H26N2OS.ClH/c1-11(12-5-3-2-4-6-12)16-14(17)9-13-10-18-8-7-15-13;/h11-13,15H,2-10H2,1H3,(H,16,17);1H. The highest BCUT2D eigenvalue weighted by atomic mass is 35.5. The lowest BCUT2D eigenvalue weighted by Crippen LogP contribution is -2.44. The van der Waals surface area contributed by atoms with Crippen molar-refractivity contribution in [1.29, 1.82) is 0 Å². The van der Waals surface area contributed by atoms with Gasteiger partial charge in [0.2, 0.25) is 5.91 Å². The Morgan fingerprint density at radius 3 is 2.74 bits per heavy atom. The van der Waals surface area contributed by atoms with Gasteiger partial charge in [0.1, 0.15) is 0 Å². The molecule has 2 unspecified atom stereocenters. The third-order valence-electron chi connectivity index (χ3n) is 4.18. The summed E-state index contributed by atoms with van der Waals surface area (Å²) in [6, 6.07) is 0.733. The van der Waals surface area contributed by atoms with Crippen LogP contribution in [0.1, 0.15) is 45.4 Å². The van der Waals surface area contributed by atoms with E-state index < -0.39 is 0 Å². The van der Waals surface area contributed by atoms with Gasteiger partial charge >= 0.3 is 0 Å². The Morgan fingerprint density at radius 2 is 2.11 bits per heavy atom. The zero-order valence-corrected chi connectivity index (χ0v) is 13.5. The van der Waals surface area contributed by atoms with Crippen molar-refractivity contribution in [3.05, 3.63) is 0 Å². The number of thioether (sulfide) groups is 1. The van der Waals surface area contributed by atoms with E-state index in [0.717, 1.165) is 12.3 Å². The molecule has 2 fully saturated rings. The van der Waals surface area contributed by atoms with Gasteiger partial charge in [-0.3, -0.25) is 4.79 Å². The molecule has 0 aromatic heterocycles. The molecule has 1 saturated heterocycles. The Hall–Kier alpha value is 0.0700. The van der Waals surface area contributed by atoms with Gasteiger partial charge in [0, 0.05) is 36.6 Å². The minimum atomic E-state index is 0. The molecule has 0 aromatic carbocycles. The van der Waals surface area contributed by atoms with Gasteiger partial charge in [-0.2, -0.15) is 11.8 Å². The van der Waals surface area contributed by atoms with Crippen LogP contribution < -0.4 is 10.6 Å². The van der Waals surface area contributed by atoms with Gasteiger partial charge in [0.05, 0.1) is 0 Å². The van der Waals surface area contributed by atoms with E-state index in [0.29, 0.717) is 24.4 Å². The van der Waals surface area contributed by atoms with Crippen LogP contribution in [0.4, 0.5) is 0 Å². The van der Waals surface area contributed by atoms with E-state index in [1.165, 1.54) is 37.9 Å². The monoisotopic (exact) mass is 306 g/mol. The quantitative estimate of drug-likeness (QED) is 0.839. The van der Waals surface area contributed by atoms with Crippen LogP contribution in [0.15, 0.2) is 0 Å². The Kier molecular flexibility index (Phi) is 8.19. The summed E-state index contributed by atoms with van der Waals surface area (Å²) in [4.78, 5) is 12.0. The van der Waals surface area contributed by atoms with E-state index in [-0.39, 0.29) is 18.3 Å². The van der Waals surface area contributed by atoms with Gasteiger partial charge in [0.15, 0.2) is 0 Å². The van der Waals surface area contributed by atoms with Crippen LogP contribution in [0.25, 0.3) is 0 Å². The molecular formula is C14H27ClN2OS. The molecule has 2 rings (SSSR count). The molecule has 0 bridgehead atoms. The third-order valence-corrected chi connectivity index (χ3v) is 5.31. The molecule has 0 aromatic rings. The second kappa shape index (κ2) is 9.09. The first-order valence-corrected chi connectivity index (χ1v) is 8.51. The lowest BCUT2D eigenvalue weighted by molar-refractivity contribution is -0.122. The summed E-state index contributed by atoms with van der Waals surface area (Å²) < 4.78 is 0. The molecule has 5 heteroatoms. The molecular weight excluding hydrogens is 280 g/mol. The lowest BCUT2D eigenvalue weighted by Gasteiger charge is -2.29. The molecule has 1 aliphatic heterocycles. The van der Waals surface area contributed by atoms with Gasteiger partial charge in [-0.1, -0.05) is 19.3 Å². The van der Waals surface area contributed by atoms with Crippen LogP contribution in [0.2, 0.25) is 0 Å². The van der Waals surface area contributed by atoms with Crippen molar-refractivity contribution in [3.63, 3.8) is 0 Å². The van der Waals surface area contributed by atoms with Crippen molar-refractivity contribution < 1.29 is 4.79 Å². The molecule has 2 N–H and O–H groups in total. The van der Waals surface area contributed by atoms with Gasteiger partial charge in [-0.15, -0.1) is 12.4 Å². The lowest BCUT2D eigenvalue weighted by atomic mass is 9.84. The highest BCUT2D eigenvalue weighted by Gasteiger charge is 2.23. The number of amides is 1. The maximum atomic E-state index is 12.0. The Labute approximate surface area is 127 Å². The predicted octanol–water partition coefficient (Wildman–Crippen LogP) is 2.59. The first-order chi connectivity index (χ1) is 8.75. The average molecular weight is 307 g/mol. The highest BCUT2D eigenvalue weighted by molar-refractivity contribution is 7.99. The van der Waals surface area contributed by atoms with Crippen molar-refractivity contribution in [1.82, 2.24) is 10.6 Å². The fourth-order valence-electron chi connectivity index (χ4n) is 3.04. The summed E-state index contributed by atoms with van der Waals surface area (Å²) in [5, 5.41) is 6.63. The second-order valence-electron chi connectivity index (χ2n) is 5.68. The molecule has 2 atom stereocenters. The van der Waals surface area contributed by atoms with Crippen LogP contribution in [0.5, 0.6) is 0 Å². The van der Waals surface area contributed by atoms with E-state index in [1.807, 2.05) is 11.8 Å². The van der Waals surface area contributed by atoms with Crippen LogP contribution in [-0.4, -0.2) is 36.0 Å². The van der Waals surface area contributed by atoms with Crippen LogP contribution in [0, 0.1) is 5.92 Å². The number of carbonyl (C=O) groups excluding carboxylic acids is 1. The van der Waals surface area contributed by atoms with Crippen molar-refractivity contribution in [2.24, 2.45) is 5.92 Å². The van der Waals surface area contributed by atoms with Crippen molar-refractivity contribution >= 4 is 30.1 Å². The molecule has 0 radical (unpaired) electrons. The predicted molar refractivity (Wildman–Crippen MR) is 85.2 cm³/mol. The smallest absolute Gasteiger partial charge is 0.221 e. The molecule has 1 heterocycles. The fourth-order valence-corrected chi connectivity index (χ4v) is 3.99. The van der Waals surface area contributed by atoms with E-state index in [2.05, 4.69) is 17.6 Å². The van der Waals surface area contributed by atoms with E-state index in [9.17, 15) is 4.79 Å². The second-order valence-corrected chi connectivity index (χ2v) is 6.83. The Bertz CT molecular complexity index is 266. The molecule has 0 spiro atoms. The van der Waals surface area contributed by atoms with Crippen LogP contribution >= 0.6 is 24.2 Å². The van der Waals surface area contributed by atoms with Gasteiger partial charge in [-0.25, -0.2) is 0 Å². The number of hydrogen-bond acceptors (Lipinski definition) is 3. The summed E-state index contributed by atoms with van der Waals surface area (Å²) >= 11 is 1.95.